The summed E-state index contributed by atoms with van der Waals surface area (Å²) in [5.41, 5.74) is -5.24. The number of aliphatic carboxylic acids is 1. The summed E-state index contributed by atoms with van der Waals surface area (Å²) in [5, 5.41) is 42.1. The first-order valence-corrected chi connectivity index (χ1v) is 50.9. The molecule has 0 aliphatic carbocycles. The van der Waals surface area contributed by atoms with Crippen LogP contribution in [0.15, 0.2) is 294 Å². The number of halogens is 21. The van der Waals surface area contributed by atoms with Crippen molar-refractivity contribution in [3.05, 3.63) is 315 Å². The van der Waals surface area contributed by atoms with Crippen LogP contribution in [-0.4, -0.2) is 151 Å². The van der Waals surface area contributed by atoms with Gasteiger partial charge in [0.25, 0.3) is 0 Å². The summed E-state index contributed by atoms with van der Waals surface area (Å²) >= 11 is 11.8. The third kappa shape index (κ3) is 52.9. The van der Waals surface area contributed by atoms with Gasteiger partial charge in [0.15, 0.2) is 36.4 Å². The molecule has 0 spiro atoms. The van der Waals surface area contributed by atoms with Gasteiger partial charge in [-0.1, -0.05) is 162 Å². The SMILES string of the molecule is CC(=O)C(=O)[O-].COc1cc(O)c(C(=O)c2ccccc2)cc1S(=O)(=O)[O-].CS(=O)(=O)[O-].Cc1cc(C)c(S(=O)(=O)[O-])c(C)c1.Cc1ccc(S(=O)(=O)[O-])cc1.FB(F)F.FC(F)(F)c1cc([S+](c2ccc(Cl)cc2)c2ccc(Cl)cc2)cc(C(F)(F)F)c1.F[P-](F)(F)(F)(F)F.O=C([O-])c1ccccc1.O=S(=O)([O-])C(F)(F)F.O=S(=O)([O-])c1ccc2cc(O)ccc2c1.O=S(=O)([O-])c1ccc2ccccc2c1.[F-]. The summed E-state index contributed by atoms with van der Waals surface area (Å²) in [5.74, 6) is -4.97. The van der Waals surface area contributed by atoms with E-state index in [1.165, 1.54) is 103 Å². The molecule has 0 unspecified atom stereocenters. The maximum absolute atomic E-state index is 13.3. The van der Waals surface area contributed by atoms with Crippen LogP contribution in [0.2, 0.25) is 10.0 Å². The van der Waals surface area contributed by atoms with E-state index in [2.05, 4.69) is 0 Å². The smallest absolute Gasteiger partial charge is 0.485 e. The van der Waals surface area contributed by atoms with E-state index in [1.807, 2.05) is 26.0 Å². The van der Waals surface area contributed by atoms with Crippen molar-refractivity contribution in [1.82, 2.24) is 0 Å². The fourth-order valence-corrected chi connectivity index (χ4v) is 15.4. The molecule has 0 atom stereocenters. The van der Waals surface area contributed by atoms with E-state index < -0.39 is 160 Å². The third-order valence-electron chi connectivity index (χ3n) is 15.6. The summed E-state index contributed by atoms with van der Waals surface area (Å²) in [4.78, 5) is 40.6. The maximum Gasteiger partial charge on any atom is 0.485 e. The van der Waals surface area contributed by atoms with Crippen molar-refractivity contribution in [2.24, 2.45) is 0 Å². The van der Waals surface area contributed by atoms with E-state index >= 15 is 0 Å². The number of carboxylic acid groups (broad SMARTS) is 2. The zero-order chi connectivity index (χ0) is 110. The van der Waals surface area contributed by atoms with Crippen LogP contribution in [0.5, 0.6) is 17.2 Å². The number of carbonyl (C=O) groups is 4. The number of aryl methyl sites for hydroxylation is 4. The van der Waals surface area contributed by atoms with E-state index in [0.717, 1.165) is 60.2 Å². The van der Waals surface area contributed by atoms with Crippen LogP contribution in [0, 0.1) is 27.7 Å². The average molecular weight is 2260 g/mol. The predicted molar refractivity (Wildman–Crippen MR) is 468 cm³/mol. The second kappa shape index (κ2) is 53.2. The van der Waals surface area contributed by atoms with Crippen LogP contribution in [0.3, 0.4) is 0 Å². The minimum Gasteiger partial charge on any atom is -1.00 e. The minimum atomic E-state index is -10.7. The van der Waals surface area contributed by atoms with Crippen LogP contribution in [0.4, 0.5) is 77.6 Å². The second-order valence-electron chi connectivity index (χ2n) is 27.0. The first-order valence-electron chi connectivity index (χ1n) is 36.6. The summed E-state index contributed by atoms with van der Waals surface area (Å²) in [7, 11) is -46.6. The van der Waals surface area contributed by atoms with Gasteiger partial charge in [0, 0.05) is 47.0 Å². The van der Waals surface area contributed by atoms with Crippen molar-refractivity contribution >= 4 is 165 Å². The number of phenols is 2. The Bertz CT molecular complexity index is 7130. The molecule has 61 heteroatoms. The molecule has 0 aliphatic heterocycles. The first-order chi connectivity index (χ1) is 64.0. The zero-order valence-electron chi connectivity index (χ0n) is 72.3. The molecule has 12 rings (SSSR count). The third-order valence-corrected chi connectivity index (χ3v) is 23.3. The molecule has 0 radical (unpaired) electrons. The molecule has 2 N–H and O–H groups in total. The summed E-state index contributed by atoms with van der Waals surface area (Å²) in [6.07, 6.45) is -9.25. The van der Waals surface area contributed by atoms with E-state index in [9.17, 15) is 182 Å². The van der Waals surface area contributed by atoms with Crippen molar-refractivity contribution in [2.45, 2.75) is 91.6 Å². The zero-order valence-corrected chi connectivity index (χ0v) is 81.2. The summed E-state index contributed by atoms with van der Waals surface area (Å²) < 4.78 is 421. The molecule has 30 nitrogen and oxygen atoms in total. The fraction of sp³-hybridized carbons (Fsp3) is 0.122. The van der Waals surface area contributed by atoms with E-state index in [-0.39, 0.29) is 63.4 Å². The number of fused-ring (bicyclic) bond motifs is 2. The Labute approximate surface area is 814 Å². The Balaban J connectivity index is 0.00000160. The van der Waals surface area contributed by atoms with Crippen LogP contribution in [-0.2, 0) is 104 Å². The molecule has 143 heavy (non-hydrogen) atoms. The second-order valence-corrected chi connectivity index (χ2v) is 41.4. The van der Waals surface area contributed by atoms with E-state index in [4.69, 9.17) is 53.9 Å². The molecule has 0 aromatic heterocycles. The molecule has 0 saturated heterocycles. The molecule has 0 fully saturated rings. The predicted octanol–water partition coefficient (Wildman–Crippen LogP) is 14.1. The molecular weight excluding hydrogens is 2200 g/mol. The van der Waals surface area contributed by atoms with Gasteiger partial charge in [-0.05, 0) is 175 Å². The van der Waals surface area contributed by atoms with Gasteiger partial charge in [-0.15, -0.1) is 0 Å². The maximum atomic E-state index is 13.3. The van der Waals surface area contributed by atoms with Crippen molar-refractivity contribution in [3.63, 3.8) is 0 Å². The van der Waals surface area contributed by atoms with Gasteiger partial charge in [0.2, 0.25) is 0 Å². The topological polar surface area (TPSA) is 564 Å². The van der Waals surface area contributed by atoms with E-state index in [1.54, 1.807) is 123 Å². The number of methoxy groups -OCH3 is 1. The number of carbonyl (C=O) groups excluding carboxylic acids is 4. The Morgan fingerprint density at radius 3 is 1.05 bits per heavy atom. The number of alkyl halides is 9. The molecule has 0 saturated carbocycles. The van der Waals surface area contributed by atoms with Gasteiger partial charge in [0.1, 0.15) is 73.8 Å². The van der Waals surface area contributed by atoms with Gasteiger partial charge in [-0.3, -0.25) is 22.5 Å². The Morgan fingerprint density at radius 1 is 0.413 bits per heavy atom. The number of aromatic hydroxyl groups is 2. The number of benzene rings is 12. The van der Waals surface area contributed by atoms with Crippen LogP contribution >= 0.6 is 31.0 Å². The molecule has 0 heterocycles. The number of hydrogen-bond acceptors (Lipinski definition) is 30. The van der Waals surface area contributed by atoms with Crippen molar-refractivity contribution in [3.8, 4) is 17.2 Å². The quantitative estimate of drug-likeness (QED) is 0.0158. The van der Waals surface area contributed by atoms with Crippen molar-refractivity contribution in [1.29, 1.82) is 0 Å². The molecule has 12 aromatic carbocycles. The van der Waals surface area contributed by atoms with Gasteiger partial charge in [0.05, 0.1) is 75.3 Å². The van der Waals surface area contributed by atoms with Crippen LogP contribution in [0.1, 0.15) is 66.6 Å². The van der Waals surface area contributed by atoms with Gasteiger partial charge >= 0.3 is 58.4 Å². The Morgan fingerprint density at radius 2 is 0.734 bits per heavy atom. The van der Waals surface area contributed by atoms with Gasteiger partial charge in [-0.2, -0.15) is 39.5 Å². The molecule has 12 aromatic rings. The normalized spacial score (nSPS) is 11.9. The van der Waals surface area contributed by atoms with Crippen molar-refractivity contribution in [2.75, 3.05) is 13.4 Å². The van der Waals surface area contributed by atoms with E-state index in [0.29, 0.717) is 48.0 Å². The molecular formula is C82H65BCl2F19O30PS8-10. The monoisotopic (exact) mass is 2260 g/mol. The number of hydrogen-bond donors (Lipinski definition) is 2. The Kier molecular flexibility index (Phi) is 48.9. The fourth-order valence-electron chi connectivity index (χ4n) is 9.95. The number of phenolic OH excluding ortho intramolecular Hbond substituents is 2. The Hall–Kier alpha value is -11.7. The van der Waals surface area contributed by atoms with Crippen molar-refractivity contribution < 1.29 is 217 Å². The minimum absolute atomic E-state index is 0. The molecule has 0 bridgehead atoms. The number of carboxylic acids is 2. The largest absolute Gasteiger partial charge is 1.00 e. The number of ether oxygens (including phenoxy) is 1. The summed E-state index contributed by atoms with van der Waals surface area (Å²) in [6.45, 7) is 7.88. The number of ketones is 2. The van der Waals surface area contributed by atoms with Crippen LogP contribution in [0.25, 0.3) is 21.5 Å². The molecule has 786 valence electrons. The average Bonchev–Trinajstić information content (AvgIpc) is 0.856. The number of aromatic carboxylic acids is 1. The summed E-state index contributed by atoms with van der Waals surface area (Å²) in [6, 6.07) is 61.1. The van der Waals surface area contributed by atoms with Gasteiger partial charge in [-0.25, -0.2) is 58.9 Å². The number of rotatable bonds is 13. The molecule has 0 amide bonds. The van der Waals surface area contributed by atoms with Crippen LogP contribution < -0.4 is 19.7 Å². The standard InChI is InChI=1S/C20H11Cl2F6S.C14H12O6S.C10H8O4S.C10H8O3S.C9H12O3S.C7H8O3S.C7H6O2.C3H4O3.CHF3O3S.CH4O3S.BF3.F6P.FH/c21-14-1-5-16(6-2-14)29(17-7-3-15(22)4-8-17)18-10-12(19(23,24)25)9-13(11-18)20(26,27)28;1-20-12-8-11(15)10(7-13(12)21(17,18)19)14(16)9-5-3-2-4-6-9;11-9-3-1-8-6-10(15(12,13)14)4-2-7(8)5-9;11-14(12,13)10-6-5-8-3-1-2-4-9(8)7-10;1-6-4-7(2)9(8(3)5-6)13(10,11)12;1-6-2-4-7(5-3-6)11(8,9)10;8-7(9)6-4-2-1-3-5-6;1-2(4)3(5)6;2-1(3,4)8(5,6)7;1-5(2,3)4;2-1(3)4;1-7(2,3,4,5)6;/h1-11H;2-8,15H,1H3,(H,17,18,19);1-6,11H,(H,12,13,14);1-7H,(H,11,12,13);4-5H,1-3H3,(H,10,11,12);2-5H,1H3,(H,8,9,10);1-5H,(H,8,9);1H3,(H,5,6);(H,5,6,7);1H3,(H,2,3,4);;;1H/q+1;;;;;;;;;;;-1;/p-10. The first kappa shape index (κ1) is 131. The number of Topliss-reactive ketones (excluding diaryl/α,β-unsaturated/α-hetero) is 1. The van der Waals surface area contributed by atoms with Gasteiger partial charge < -0.3 is 71.3 Å². The molecule has 0 aliphatic rings.